The maximum Gasteiger partial charge on any atom is 0.103 e. The van der Waals surface area contributed by atoms with E-state index in [4.69, 9.17) is 9.47 Å². The lowest BCUT2D eigenvalue weighted by Crippen LogP contribution is -2.19. The predicted molar refractivity (Wildman–Crippen MR) is 80.8 cm³/mol. The molecule has 0 aliphatic heterocycles. The summed E-state index contributed by atoms with van der Waals surface area (Å²) in [4.78, 5) is 0. The van der Waals surface area contributed by atoms with Crippen LogP contribution in [0.4, 0.5) is 0 Å². The number of aliphatic hydroxyl groups is 1. The Morgan fingerprint density at radius 3 is 2.60 bits per heavy atom. The van der Waals surface area contributed by atoms with Gasteiger partial charge in [0.15, 0.2) is 0 Å². The molecule has 0 aromatic heterocycles. The molecule has 0 aliphatic carbocycles. The van der Waals surface area contributed by atoms with Gasteiger partial charge in [-0.15, -0.1) is 0 Å². The van der Waals surface area contributed by atoms with E-state index >= 15 is 0 Å². The lowest BCUT2D eigenvalue weighted by molar-refractivity contribution is -0.0391. The van der Waals surface area contributed by atoms with Gasteiger partial charge in [0.05, 0.1) is 19.3 Å². The fourth-order valence-corrected chi connectivity index (χ4v) is 2.22. The van der Waals surface area contributed by atoms with E-state index in [1.807, 2.05) is 56.3 Å². The molecule has 0 spiro atoms. The minimum absolute atomic E-state index is 0.0143. The average Bonchev–Trinajstić information content (AvgIpc) is 2.50. The highest BCUT2D eigenvalue weighted by Gasteiger charge is 2.13. The molecule has 3 nitrogen and oxygen atoms in total. The van der Waals surface area contributed by atoms with Crippen LogP contribution in [0.1, 0.15) is 25.5 Å². The molecular weight excluding hydrogens is 252 g/mol. The van der Waals surface area contributed by atoms with Gasteiger partial charge in [-0.2, -0.15) is 0 Å². The number of ether oxygens (including phenoxy) is 2. The Bertz CT molecular complexity index is 533. The highest BCUT2D eigenvalue weighted by molar-refractivity contribution is 5.85. The van der Waals surface area contributed by atoms with Crippen molar-refractivity contribution in [2.75, 3.05) is 19.8 Å². The monoisotopic (exact) mass is 274 g/mol. The summed E-state index contributed by atoms with van der Waals surface area (Å²) in [5.74, 6) is 0. The average molecular weight is 274 g/mol. The van der Waals surface area contributed by atoms with Gasteiger partial charge in [0.1, 0.15) is 6.10 Å². The molecule has 0 saturated carbocycles. The SMILES string of the molecule is CCOCC(C)OCC(O)c1cccc2ccccc12. The molecule has 2 rings (SSSR count). The third-order valence-electron chi connectivity index (χ3n) is 3.28. The molecule has 0 radical (unpaired) electrons. The molecule has 0 fully saturated rings. The standard InChI is InChI=1S/C17H22O3/c1-3-19-11-13(2)20-12-17(18)16-10-6-8-14-7-4-5-9-15(14)16/h4-10,13,17-18H,3,11-12H2,1-2H3. The number of rotatable bonds is 7. The maximum absolute atomic E-state index is 10.3. The van der Waals surface area contributed by atoms with Gasteiger partial charge >= 0.3 is 0 Å². The third-order valence-corrected chi connectivity index (χ3v) is 3.28. The van der Waals surface area contributed by atoms with E-state index in [0.717, 1.165) is 16.3 Å². The van der Waals surface area contributed by atoms with Crippen molar-refractivity contribution in [2.45, 2.75) is 26.1 Å². The number of hydrogen-bond acceptors (Lipinski definition) is 3. The first kappa shape index (κ1) is 15.0. The fraction of sp³-hybridized carbons (Fsp3) is 0.412. The van der Waals surface area contributed by atoms with Crippen LogP contribution in [0.2, 0.25) is 0 Å². The van der Waals surface area contributed by atoms with Crippen LogP contribution in [-0.2, 0) is 9.47 Å². The van der Waals surface area contributed by atoms with Gasteiger partial charge in [-0.1, -0.05) is 42.5 Å². The molecule has 2 aromatic carbocycles. The molecule has 20 heavy (non-hydrogen) atoms. The second-order valence-electron chi connectivity index (χ2n) is 4.89. The van der Waals surface area contributed by atoms with Gasteiger partial charge in [0.2, 0.25) is 0 Å². The maximum atomic E-state index is 10.3. The zero-order valence-electron chi connectivity index (χ0n) is 12.1. The Kier molecular flexibility index (Phi) is 5.53. The largest absolute Gasteiger partial charge is 0.386 e. The lowest BCUT2D eigenvalue weighted by Gasteiger charge is -2.18. The van der Waals surface area contributed by atoms with Gasteiger partial charge in [-0.3, -0.25) is 0 Å². The smallest absolute Gasteiger partial charge is 0.103 e. The van der Waals surface area contributed by atoms with Gasteiger partial charge in [0, 0.05) is 6.61 Å². The normalized spacial score (nSPS) is 14.3. The highest BCUT2D eigenvalue weighted by Crippen LogP contribution is 2.24. The molecular formula is C17H22O3. The van der Waals surface area contributed by atoms with Crippen molar-refractivity contribution < 1.29 is 14.6 Å². The van der Waals surface area contributed by atoms with E-state index in [0.29, 0.717) is 13.2 Å². The van der Waals surface area contributed by atoms with E-state index in [2.05, 4.69) is 0 Å². The van der Waals surface area contributed by atoms with Crippen molar-refractivity contribution in [2.24, 2.45) is 0 Å². The summed E-state index contributed by atoms with van der Waals surface area (Å²) in [6.45, 7) is 5.42. The molecule has 0 heterocycles. The zero-order valence-corrected chi connectivity index (χ0v) is 12.1. The first-order valence-electron chi connectivity index (χ1n) is 7.07. The second kappa shape index (κ2) is 7.39. The van der Waals surface area contributed by atoms with Crippen LogP contribution < -0.4 is 0 Å². The Morgan fingerprint density at radius 1 is 1.05 bits per heavy atom. The van der Waals surface area contributed by atoms with Crippen molar-refractivity contribution in [3.63, 3.8) is 0 Å². The summed E-state index contributed by atoms with van der Waals surface area (Å²) in [5.41, 5.74) is 0.909. The predicted octanol–water partition coefficient (Wildman–Crippen LogP) is 3.31. The van der Waals surface area contributed by atoms with Crippen LogP contribution in [0.15, 0.2) is 42.5 Å². The van der Waals surface area contributed by atoms with Gasteiger partial charge in [-0.05, 0) is 30.2 Å². The van der Waals surface area contributed by atoms with Crippen molar-refractivity contribution >= 4 is 10.8 Å². The van der Waals surface area contributed by atoms with Crippen LogP contribution in [-0.4, -0.2) is 31.0 Å². The Balaban J connectivity index is 2.02. The molecule has 108 valence electrons. The number of aliphatic hydroxyl groups excluding tert-OH is 1. The minimum atomic E-state index is -0.620. The Morgan fingerprint density at radius 2 is 1.80 bits per heavy atom. The van der Waals surface area contributed by atoms with Crippen LogP contribution in [0.5, 0.6) is 0 Å². The number of hydrogen-bond donors (Lipinski definition) is 1. The number of fused-ring (bicyclic) bond motifs is 1. The summed E-state index contributed by atoms with van der Waals surface area (Å²) in [7, 11) is 0. The molecule has 2 unspecified atom stereocenters. The van der Waals surface area contributed by atoms with E-state index in [9.17, 15) is 5.11 Å². The van der Waals surface area contributed by atoms with Crippen molar-refractivity contribution in [1.29, 1.82) is 0 Å². The summed E-state index contributed by atoms with van der Waals surface area (Å²) in [6, 6.07) is 14.0. The topological polar surface area (TPSA) is 38.7 Å². The molecule has 2 atom stereocenters. The molecule has 0 aliphatic rings. The summed E-state index contributed by atoms with van der Waals surface area (Å²) in [5, 5.41) is 12.5. The van der Waals surface area contributed by atoms with Crippen LogP contribution in [0.3, 0.4) is 0 Å². The molecule has 3 heteroatoms. The molecule has 2 aromatic rings. The van der Waals surface area contributed by atoms with Gasteiger partial charge in [-0.25, -0.2) is 0 Å². The Hall–Kier alpha value is -1.42. The van der Waals surface area contributed by atoms with Crippen molar-refractivity contribution in [3.05, 3.63) is 48.0 Å². The lowest BCUT2D eigenvalue weighted by atomic mass is 10.0. The number of benzene rings is 2. The van der Waals surface area contributed by atoms with Crippen LogP contribution >= 0.6 is 0 Å². The third kappa shape index (κ3) is 3.79. The van der Waals surface area contributed by atoms with Crippen molar-refractivity contribution in [3.8, 4) is 0 Å². The van der Waals surface area contributed by atoms with E-state index in [-0.39, 0.29) is 12.7 Å². The summed E-state index contributed by atoms with van der Waals surface area (Å²) < 4.78 is 10.9. The molecule has 0 bridgehead atoms. The fourth-order valence-electron chi connectivity index (χ4n) is 2.22. The van der Waals surface area contributed by atoms with Crippen molar-refractivity contribution in [1.82, 2.24) is 0 Å². The Labute approximate surface area is 120 Å². The first-order chi connectivity index (χ1) is 9.72. The minimum Gasteiger partial charge on any atom is -0.386 e. The van der Waals surface area contributed by atoms with E-state index < -0.39 is 6.10 Å². The summed E-state index contributed by atoms with van der Waals surface area (Å²) >= 11 is 0. The second-order valence-corrected chi connectivity index (χ2v) is 4.89. The quantitative estimate of drug-likeness (QED) is 0.842. The molecule has 0 saturated heterocycles. The molecule has 0 amide bonds. The van der Waals surface area contributed by atoms with E-state index in [1.54, 1.807) is 0 Å². The van der Waals surface area contributed by atoms with Crippen LogP contribution in [0, 0.1) is 0 Å². The first-order valence-corrected chi connectivity index (χ1v) is 7.07. The van der Waals surface area contributed by atoms with Gasteiger partial charge < -0.3 is 14.6 Å². The zero-order chi connectivity index (χ0) is 14.4. The molecule has 1 N–H and O–H groups in total. The van der Waals surface area contributed by atoms with Gasteiger partial charge in [0.25, 0.3) is 0 Å². The highest BCUT2D eigenvalue weighted by atomic mass is 16.5. The summed E-state index contributed by atoms with van der Waals surface area (Å²) in [6.07, 6.45) is -0.634. The van der Waals surface area contributed by atoms with E-state index in [1.165, 1.54) is 0 Å². The van der Waals surface area contributed by atoms with Crippen LogP contribution in [0.25, 0.3) is 10.8 Å².